The zero-order chi connectivity index (χ0) is 17.4. The first-order valence-electron chi connectivity index (χ1n) is 7.59. The number of hydrogen-bond donors (Lipinski definition) is 2. The van der Waals surface area contributed by atoms with E-state index in [1.807, 2.05) is 31.2 Å². The highest BCUT2D eigenvalue weighted by atomic mass is 16.5. The van der Waals surface area contributed by atoms with Crippen LogP contribution < -0.4 is 10.3 Å². The predicted octanol–water partition coefficient (Wildman–Crippen LogP) is 2.09. The Bertz CT molecular complexity index is 1120. The lowest BCUT2D eigenvalue weighted by Crippen LogP contribution is -2.10. The van der Waals surface area contributed by atoms with Crippen LogP contribution in [0.5, 0.6) is 5.75 Å². The number of methoxy groups -OCH3 is 1. The van der Waals surface area contributed by atoms with E-state index >= 15 is 0 Å². The number of H-pyrrole nitrogens is 2. The second-order valence-electron chi connectivity index (χ2n) is 5.60. The molecular formula is C17H14N6O2. The predicted molar refractivity (Wildman–Crippen MR) is 92.3 cm³/mol. The molecule has 0 radical (unpaired) electrons. The second-order valence-corrected chi connectivity index (χ2v) is 5.60. The molecular weight excluding hydrogens is 320 g/mol. The van der Waals surface area contributed by atoms with E-state index in [0.29, 0.717) is 33.9 Å². The Morgan fingerprint density at radius 1 is 1.08 bits per heavy atom. The summed E-state index contributed by atoms with van der Waals surface area (Å²) in [4.78, 5) is 20.0. The van der Waals surface area contributed by atoms with Gasteiger partial charge in [-0.2, -0.15) is 0 Å². The summed E-state index contributed by atoms with van der Waals surface area (Å²) < 4.78 is 5.39. The number of fused-ring (bicyclic) bond motifs is 1. The maximum absolute atomic E-state index is 12.6. The number of benzene rings is 2. The van der Waals surface area contributed by atoms with Gasteiger partial charge in [-0.3, -0.25) is 4.79 Å². The number of nitrogens with zero attached hydrogens (tertiary/aromatic N) is 4. The van der Waals surface area contributed by atoms with E-state index in [0.717, 1.165) is 11.1 Å². The van der Waals surface area contributed by atoms with Crippen LogP contribution in [0.15, 0.2) is 41.2 Å². The van der Waals surface area contributed by atoms with Gasteiger partial charge in [-0.05, 0) is 47.7 Å². The lowest BCUT2D eigenvalue weighted by atomic mass is 10.1. The Morgan fingerprint density at radius 3 is 2.72 bits per heavy atom. The van der Waals surface area contributed by atoms with Gasteiger partial charge < -0.3 is 9.72 Å². The Balaban J connectivity index is 1.90. The molecule has 2 aromatic heterocycles. The van der Waals surface area contributed by atoms with Crippen LogP contribution in [0.2, 0.25) is 0 Å². The molecule has 0 saturated carbocycles. The van der Waals surface area contributed by atoms with Crippen molar-refractivity contribution in [2.75, 3.05) is 7.11 Å². The molecule has 0 amide bonds. The molecule has 0 spiro atoms. The van der Waals surface area contributed by atoms with E-state index in [-0.39, 0.29) is 5.56 Å². The molecule has 0 atom stereocenters. The van der Waals surface area contributed by atoms with Crippen LogP contribution in [0.1, 0.15) is 5.56 Å². The fraction of sp³-hybridized carbons (Fsp3) is 0.118. The van der Waals surface area contributed by atoms with Crippen LogP contribution in [0, 0.1) is 6.92 Å². The van der Waals surface area contributed by atoms with Gasteiger partial charge in [0.05, 0.1) is 23.6 Å². The number of tetrazole rings is 1. The SMILES string of the molecule is COc1ccc(C)cc1-c1nc2ccc(-c3nnn[nH]3)cc2c(=O)[nH]1. The second kappa shape index (κ2) is 5.82. The van der Waals surface area contributed by atoms with E-state index in [1.165, 1.54) is 0 Å². The highest BCUT2D eigenvalue weighted by Crippen LogP contribution is 2.29. The third-order valence-corrected chi connectivity index (χ3v) is 3.93. The summed E-state index contributed by atoms with van der Waals surface area (Å²) in [6.07, 6.45) is 0. The molecule has 0 saturated heterocycles. The van der Waals surface area contributed by atoms with Crippen molar-refractivity contribution < 1.29 is 4.74 Å². The van der Waals surface area contributed by atoms with Crippen LogP contribution >= 0.6 is 0 Å². The van der Waals surface area contributed by atoms with Crippen LogP contribution in [-0.2, 0) is 0 Å². The maximum atomic E-state index is 12.6. The third-order valence-electron chi connectivity index (χ3n) is 3.93. The minimum Gasteiger partial charge on any atom is -0.496 e. The average molecular weight is 334 g/mol. The van der Waals surface area contributed by atoms with Crippen molar-refractivity contribution in [1.82, 2.24) is 30.6 Å². The van der Waals surface area contributed by atoms with Crippen molar-refractivity contribution >= 4 is 10.9 Å². The van der Waals surface area contributed by atoms with Crippen molar-refractivity contribution in [3.8, 4) is 28.5 Å². The lowest BCUT2D eigenvalue weighted by molar-refractivity contribution is 0.416. The normalized spacial score (nSPS) is 11.0. The average Bonchev–Trinajstić information content (AvgIpc) is 3.16. The smallest absolute Gasteiger partial charge is 0.259 e. The fourth-order valence-corrected chi connectivity index (χ4v) is 2.70. The minimum atomic E-state index is -0.238. The number of aromatic amines is 2. The van der Waals surface area contributed by atoms with Gasteiger partial charge in [0.25, 0.3) is 5.56 Å². The van der Waals surface area contributed by atoms with Gasteiger partial charge in [0.15, 0.2) is 5.82 Å². The van der Waals surface area contributed by atoms with E-state index in [2.05, 4.69) is 30.6 Å². The molecule has 2 heterocycles. The third kappa shape index (κ3) is 2.63. The minimum absolute atomic E-state index is 0.238. The molecule has 0 aliphatic rings. The van der Waals surface area contributed by atoms with Gasteiger partial charge in [0, 0.05) is 5.56 Å². The van der Waals surface area contributed by atoms with E-state index < -0.39 is 0 Å². The zero-order valence-electron chi connectivity index (χ0n) is 13.6. The molecule has 0 aliphatic carbocycles. The molecule has 124 valence electrons. The number of ether oxygens (including phenoxy) is 1. The van der Waals surface area contributed by atoms with Crippen LogP contribution in [0.3, 0.4) is 0 Å². The van der Waals surface area contributed by atoms with Gasteiger partial charge >= 0.3 is 0 Å². The van der Waals surface area contributed by atoms with Gasteiger partial charge in [-0.25, -0.2) is 10.1 Å². The van der Waals surface area contributed by atoms with Gasteiger partial charge in [-0.1, -0.05) is 11.6 Å². The Morgan fingerprint density at radius 2 is 1.96 bits per heavy atom. The van der Waals surface area contributed by atoms with Gasteiger partial charge in [0.2, 0.25) is 0 Å². The number of nitrogens with one attached hydrogen (secondary N) is 2. The monoisotopic (exact) mass is 334 g/mol. The highest BCUT2D eigenvalue weighted by Gasteiger charge is 2.12. The van der Waals surface area contributed by atoms with Crippen molar-refractivity contribution in [1.29, 1.82) is 0 Å². The molecule has 0 bridgehead atoms. The molecule has 0 aliphatic heterocycles. The molecule has 4 aromatic rings. The summed E-state index contributed by atoms with van der Waals surface area (Å²) in [6, 6.07) is 11.0. The van der Waals surface area contributed by atoms with Gasteiger partial charge in [0.1, 0.15) is 11.6 Å². The summed E-state index contributed by atoms with van der Waals surface area (Å²) in [5.74, 6) is 1.61. The molecule has 25 heavy (non-hydrogen) atoms. The van der Waals surface area contributed by atoms with Crippen molar-refractivity contribution in [2.45, 2.75) is 6.92 Å². The Labute approximate surface area is 141 Å². The Hall–Kier alpha value is -3.55. The highest BCUT2D eigenvalue weighted by molar-refractivity contribution is 5.84. The summed E-state index contributed by atoms with van der Waals surface area (Å²) >= 11 is 0. The summed E-state index contributed by atoms with van der Waals surface area (Å²) in [6.45, 7) is 1.97. The molecule has 0 unspecified atom stereocenters. The number of rotatable bonds is 3. The summed E-state index contributed by atoms with van der Waals surface area (Å²) in [7, 11) is 1.59. The summed E-state index contributed by atoms with van der Waals surface area (Å²) in [5.41, 5.74) is 2.85. The summed E-state index contributed by atoms with van der Waals surface area (Å²) in [5, 5.41) is 14.1. The number of hydrogen-bond acceptors (Lipinski definition) is 6. The quantitative estimate of drug-likeness (QED) is 0.594. The van der Waals surface area contributed by atoms with Crippen LogP contribution in [-0.4, -0.2) is 37.7 Å². The topological polar surface area (TPSA) is 109 Å². The standard InChI is InChI=1S/C17H14N6O2/c1-9-3-6-14(25-2)12(7-9)16-18-13-5-4-10(15-20-22-23-21-15)8-11(13)17(24)19-16/h3-8H,1-2H3,(H,18,19,24)(H,20,21,22,23). The van der Waals surface area contributed by atoms with Crippen LogP contribution in [0.25, 0.3) is 33.7 Å². The first-order valence-corrected chi connectivity index (χ1v) is 7.59. The zero-order valence-corrected chi connectivity index (χ0v) is 13.6. The van der Waals surface area contributed by atoms with E-state index in [9.17, 15) is 4.79 Å². The molecule has 2 aromatic carbocycles. The Kier molecular flexibility index (Phi) is 3.50. The molecule has 8 nitrogen and oxygen atoms in total. The largest absolute Gasteiger partial charge is 0.496 e. The number of aryl methyl sites for hydroxylation is 1. The molecule has 0 fully saturated rings. The van der Waals surface area contributed by atoms with E-state index in [1.54, 1.807) is 19.2 Å². The molecule has 2 N–H and O–H groups in total. The van der Waals surface area contributed by atoms with E-state index in [4.69, 9.17) is 4.74 Å². The van der Waals surface area contributed by atoms with Crippen LogP contribution in [0.4, 0.5) is 0 Å². The maximum Gasteiger partial charge on any atom is 0.259 e. The molecule has 8 heteroatoms. The fourth-order valence-electron chi connectivity index (χ4n) is 2.70. The lowest BCUT2D eigenvalue weighted by Gasteiger charge is -2.09. The van der Waals surface area contributed by atoms with Crippen molar-refractivity contribution in [3.05, 3.63) is 52.3 Å². The van der Waals surface area contributed by atoms with Crippen molar-refractivity contribution in [3.63, 3.8) is 0 Å². The molecule has 4 rings (SSSR count). The first kappa shape index (κ1) is 15.0. The number of aromatic nitrogens is 6. The van der Waals surface area contributed by atoms with Gasteiger partial charge in [-0.15, -0.1) is 5.10 Å². The first-order chi connectivity index (χ1) is 12.2. The van der Waals surface area contributed by atoms with Crippen molar-refractivity contribution in [2.24, 2.45) is 0 Å².